The van der Waals surface area contributed by atoms with E-state index in [4.69, 9.17) is 27.9 Å². The zero-order valence-electron chi connectivity index (χ0n) is 17.7. The van der Waals surface area contributed by atoms with Crippen molar-refractivity contribution in [1.29, 1.82) is 0 Å². The molecule has 0 saturated carbocycles. The molecule has 2 aromatic rings. The van der Waals surface area contributed by atoms with Crippen LogP contribution >= 0.6 is 23.2 Å². The highest BCUT2D eigenvalue weighted by atomic mass is 35.5. The summed E-state index contributed by atoms with van der Waals surface area (Å²) in [6.45, 7) is 5.84. The van der Waals surface area contributed by atoms with Gasteiger partial charge in [0.05, 0.1) is 22.3 Å². The summed E-state index contributed by atoms with van der Waals surface area (Å²) in [6, 6.07) is 11.8. The van der Waals surface area contributed by atoms with E-state index in [9.17, 15) is 4.79 Å². The highest BCUT2D eigenvalue weighted by molar-refractivity contribution is 6.43. The molecule has 7 heteroatoms. The summed E-state index contributed by atoms with van der Waals surface area (Å²) in [4.78, 5) is 16.4. The zero-order valence-corrected chi connectivity index (χ0v) is 19.2. The lowest BCUT2D eigenvalue weighted by Crippen LogP contribution is -2.46. The predicted octanol–water partition coefficient (Wildman–Crippen LogP) is 5.25. The second kappa shape index (κ2) is 10.6. The minimum absolute atomic E-state index is 0.0844. The van der Waals surface area contributed by atoms with Crippen LogP contribution in [0.25, 0.3) is 0 Å². The Labute approximate surface area is 194 Å². The molecule has 166 valence electrons. The highest BCUT2D eigenvalue weighted by Crippen LogP contribution is 2.33. The number of carbonyl (C=O) groups is 1. The Hall–Kier alpha value is -1.95. The molecule has 1 saturated heterocycles. The minimum atomic E-state index is 0.0844. The molecule has 5 nitrogen and oxygen atoms in total. The van der Waals surface area contributed by atoms with Crippen molar-refractivity contribution in [3.8, 4) is 5.75 Å². The fourth-order valence-corrected chi connectivity index (χ4v) is 4.61. The molecule has 0 radical (unpaired) electrons. The molecule has 0 unspecified atom stereocenters. The lowest BCUT2D eigenvalue weighted by molar-refractivity contribution is -0.116. The molecule has 0 aromatic heterocycles. The number of unbranched alkanes of at least 4 members (excludes halogenated alkanes) is 2. The lowest BCUT2D eigenvalue weighted by atomic mass is 10.0. The summed E-state index contributed by atoms with van der Waals surface area (Å²) in [5.41, 5.74) is 3.12. The van der Waals surface area contributed by atoms with Crippen LogP contribution in [0.3, 0.4) is 0 Å². The summed E-state index contributed by atoms with van der Waals surface area (Å²) in [5.74, 6) is 0.915. The van der Waals surface area contributed by atoms with E-state index >= 15 is 0 Å². The van der Waals surface area contributed by atoms with Crippen LogP contribution in [0.2, 0.25) is 10.0 Å². The van der Waals surface area contributed by atoms with Gasteiger partial charge in [0.1, 0.15) is 5.75 Å². The van der Waals surface area contributed by atoms with E-state index in [1.807, 2.05) is 30.3 Å². The minimum Gasteiger partial charge on any atom is -0.494 e. The molecular weight excluding hydrogens is 433 g/mol. The number of nitrogens with zero attached hydrogens (tertiary/aromatic N) is 2. The molecule has 31 heavy (non-hydrogen) atoms. The molecule has 1 amide bonds. The van der Waals surface area contributed by atoms with E-state index < -0.39 is 0 Å². The Morgan fingerprint density at radius 1 is 0.968 bits per heavy atom. The van der Waals surface area contributed by atoms with Crippen molar-refractivity contribution in [2.75, 3.05) is 49.5 Å². The number of anilines is 2. The van der Waals surface area contributed by atoms with Gasteiger partial charge in [0.2, 0.25) is 5.91 Å². The first-order valence-electron chi connectivity index (χ1n) is 11.1. The Bertz CT molecular complexity index is 914. The topological polar surface area (TPSA) is 44.8 Å². The predicted molar refractivity (Wildman–Crippen MR) is 128 cm³/mol. The van der Waals surface area contributed by atoms with Crippen LogP contribution in [0.4, 0.5) is 11.4 Å². The van der Waals surface area contributed by atoms with Gasteiger partial charge in [-0.2, -0.15) is 0 Å². The van der Waals surface area contributed by atoms with E-state index in [0.717, 1.165) is 69.1 Å². The van der Waals surface area contributed by atoms with Gasteiger partial charge in [-0.15, -0.1) is 0 Å². The molecule has 4 rings (SSSR count). The van der Waals surface area contributed by atoms with Crippen LogP contribution in [0.1, 0.15) is 31.2 Å². The second-order valence-corrected chi connectivity index (χ2v) is 8.96. The average Bonchev–Trinajstić information content (AvgIpc) is 2.78. The molecule has 0 bridgehead atoms. The maximum Gasteiger partial charge on any atom is 0.224 e. The molecule has 0 aliphatic carbocycles. The number of carbonyl (C=O) groups excluding carboxylic acids is 1. The average molecular weight is 462 g/mol. The van der Waals surface area contributed by atoms with Gasteiger partial charge in [0, 0.05) is 44.4 Å². The highest BCUT2D eigenvalue weighted by Gasteiger charge is 2.19. The monoisotopic (exact) mass is 461 g/mol. The third kappa shape index (κ3) is 5.85. The van der Waals surface area contributed by atoms with Crippen molar-refractivity contribution in [1.82, 2.24) is 4.90 Å². The third-order valence-corrected chi connectivity index (χ3v) is 6.82. The van der Waals surface area contributed by atoms with Gasteiger partial charge in [0.15, 0.2) is 0 Å². The van der Waals surface area contributed by atoms with Gasteiger partial charge in [-0.05, 0) is 56.0 Å². The smallest absolute Gasteiger partial charge is 0.224 e. The summed E-state index contributed by atoms with van der Waals surface area (Å²) in [7, 11) is 0. The van der Waals surface area contributed by atoms with Crippen LogP contribution in [0.5, 0.6) is 5.75 Å². The summed E-state index contributed by atoms with van der Waals surface area (Å²) < 4.78 is 5.89. The Balaban J connectivity index is 1.11. The number of ether oxygens (including phenoxy) is 1. The number of halogens is 2. The van der Waals surface area contributed by atoms with Gasteiger partial charge in [-0.1, -0.05) is 35.3 Å². The fraction of sp³-hybridized carbons (Fsp3) is 0.458. The molecule has 2 aliphatic heterocycles. The third-order valence-electron chi connectivity index (χ3n) is 6.01. The van der Waals surface area contributed by atoms with E-state index in [1.54, 1.807) is 0 Å². The Morgan fingerprint density at radius 2 is 1.81 bits per heavy atom. The summed E-state index contributed by atoms with van der Waals surface area (Å²) >= 11 is 12.5. The number of rotatable bonds is 8. The van der Waals surface area contributed by atoms with E-state index in [1.165, 1.54) is 12.0 Å². The van der Waals surface area contributed by atoms with E-state index in [-0.39, 0.29) is 5.91 Å². The molecule has 2 heterocycles. The van der Waals surface area contributed by atoms with Crippen LogP contribution in [-0.4, -0.2) is 50.1 Å². The molecule has 0 spiro atoms. The van der Waals surface area contributed by atoms with Crippen molar-refractivity contribution in [2.24, 2.45) is 0 Å². The number of hydrogen-bond acceptors (Lipinski definition) is 4. The molecule has 1 N–H and O–H groups in total. The number of piperazine rings is 1. The largest absolute Gasteiger partial charge is 0.494 e. The van der Waals surface area contributed by atoms with Gasteiger partial charge in [-0.3, -0.25) is 9.69 Å². The standard InChI is InChI=1S/C24H29Cl2N3O2/c25-20-5-4-6-22(24(20)26)29-14-12-28(13-15-29)11-2-1-3-16-31-19-9-7-18-8-10-23(30)27-21(18)17-19/h4-7,9,17H,1-3,8,10-16H2,(H,27,30). The number of fused-ring (bicyclic) bond motifs is 1. The van der Waals surface area contributed by atoms with E-state index in [0.29, 0.717) is 23.1 Å². The molecular formula is C24H29Cl2N3O2. The molecule has 2 aromatic carbocycles. The maximum atomic E-state index is 11.5. The van der Waals surface area contributed by atoms with Crippen molar-refractivity contribution >= 4 is 40.5 Å². The van der Waals surface area contributed by atoms with Gasteiger partial charge < -0.3 is 15.0 Å². The summed E-state index contributed by atoms with van der Waals surface area (Å²) in [6.07, 6.45) is 4.71. The number of benzene rings is 2. The number of amides is 1. The summed E-state index contributed by atoms with van der Waals surface area (Å²) in [5, 5.41) is 4.19. The first-order valence-corrected chi connectivity index (χ1v) is 11.8. The molecule has 0 atom stereocenters. The first kappa shape index (κ1) is 22.3. The van der Waals surface area contributed by atoms with Crippen LogP contribution < -0.4 is 15.0 Å². The van der Waals surface area contributed by atoms with Crippen molar-refractivity contribution in [2.45, 2.75) is 32.1 Å². The van der Waals surface area contributed by atoms with Crippen molar-refractivity contribution < 1.29 is 9.53 Å². The Kier molecular flexibility index (Phi) is 7.59. The quantitative estimate of drug-likeness (QED) is 0.545. The lowest BCUT2D eigenvalue weighted by Gasteiger charge is -2.36. The SMILES string of the molecule is O=C1CCc2ccc(OCCCCCN3CCN(c4cccc(Cl)c4Cl)CC3)cc2N1. The Morgan fingerprint density at radius 3 is 2.65 bits per heavy atom. The van der Waals surface area contributed by atoms with Crippen LogP contribution in [0, 0.1) is 0 Å². The number of nitrogens with one attached hydrogen (secondary N) is 1. The van der Waals surface area contributed by atoms with E-state index in [2.05, 4.69) is 21.2 Å². The van der Waals surface area contributed by atoms with Crippen LogP contribution in [-0.2, 0) is 11.2 Å². The number of hydrogen-bond donors (Lipinski definition) is 1. The van der Waals surface area contributed by atoms with Gasteiger partial charge in [0.25, 0.3) is 0 Å². The van der Waals surface area contributed by atoms with Crippen molar-refractivity contribution in [3.63, 3.8) is 0 Å². The first-order chi connectivity index (χ1) is 15.1. The molecule has 2 aliphatic rings. The fourth-order valence-electron chi connectivity index (χ4n) is 4.19. The normalized spacial score (nSPS) is 16.7. The zero-order chi connectivity index (χ0) is 21.6. The molecule has 1 fully saturated rings. The van der Waals surface area contributed by atoms with Crippen molar-refractivity contribution in [3.05, 3.63) is 52.0 Å². The second-order valence-electron chi connectivity index (χ2n) is 8.18. The van der Waals surface area contributed by atoms with Gasteiger partial charge in [-0.25, -0.2) is 0 Å². The maximum absolute atomic E-state index is 11.5. The van der Waals surface area contributed by atoms with Crippen LogP contribution in [0.15, 0.2) is 36.4 Å². The van der Waals surface area contributed by atoms with Gasteiger partial charge >= 0.3 is 0 Å². The number of aryl methyl sites for hydroxylation is 1.